The smallest absolute Gasteiger partial charge is 0.0445 e. The van der Waals surface area contributed by atoms with Crippen LogP contribution in [0.2, 0.25) is 0 Å². The third kappa shape index (κ3) is 2.96. The second kappa shape index (κ2) is 5.13. The van der Waals surface area contributed by atoms with Crippen LogP contribution >= 0.6 is 0 Å². The van der Waals surface area contributed by atoms with Crippen LogP contribution < -0.4 is 5.32 Å². The van der Waals surface area contributed by atoms with Gasteiger partial charge in [-0.1, -0.05) is 12.8 Å². The van der Waals surface area contributed by atoms with E-state index in [4.69, 9.17) is 5.11 Å². The Hall–Kier alpha value is -0.0800. The van der Waals surface area contributed by atoms with Crippen LogP contribution in [0.3, 0.4) is 0 Å². The molecule has 0 radical (unpaired) electrons. The molecule has 2 aliphatic rings. The maximum absolute atomic E-state index is 8.97. The zero-order valence-electron chi connectivity index (χ0n) is 9.04. The molecule has 2 saturated carbocycles. The summed E-state index contributed by atoms with van der Waals surface area (Å²) < 4.78 is 0. The molecule has 2 rings (SSSR count). The second-order valence-electron chi connectivity index (χ2n) is 5.01. The molecule has 0 heterocycles. The van der Waals surface area contributed by atoms with Gasteiger partial charge in [0, 0.05) is 12.6 Å². The Kier molecular flexibility index (Phi) is 3.82. The summed E-state index contributed by atoms with van der Waals surface area (Å²) in [5.74, 6) is 1.80. The lowest BCUT2D eigenvalue weighted by Gasteiger charge is -2.19. The van der Waals surface area contributed by atoms with Gasteiger partial charge in [0.1, 0.15) is 0 Å². The van der Waals surface area contributed by atoms with Gasteiger partial charge in [0.25, 0.3) is 0 Å². The van der Waals surface area contributed by atoms with Crippen LogP contribution in [0.15, 0.2) is 0 Å². The van der Waals surface area contributed by atoms with Crippen LogP contribution in [0.5, 0.6) is 0 Å². The number of aliphatic hydroxyl groups is 1. The highest BCUT2D eigenvalue weighted by molar-refractivity contribution is 4.87. The zero-order valence-corrected chi connectivity index (χ0v) is 9.04. The average molecular weight is 197 g/mol. The van der Waals surface area contributed by atoms with Gasteiger partial charge in [0.05, 0.1) is 0 Å². The summed E-state index contributed by atoms with van der Waals surface area (Å²) >= 11 is 0. The van der Waals surface area contributed by atoms with E-state index in [2.05, 4.69) is 5.32 Å². The SMILES string of the molecule is OCCC(NCC1CCCC1)C1CC1. The van der Waals surface area contributed by atoms with E-state index in [9.17, 15) is 0 Å². The standard InChI is InChI=1S/C12H23NO/c14-8-7-12(11-5-6-11)13-9-10-3-1-2-4-10/h10-14H,1-9H2. The van der Waals surface area contributed by atoms with Crippen molar-refractivity contribution in [2.75, 3.05) is 13.2 Å². The van der Waals surface area contributed by atoms with Crippen LogP contribution in [-0.2, 0) is 0 Å². The Morgan fingerprint density at radius 3 is 2.43 bits per heavy atom. The fourth-order valence-corrected chi connectivity index (χ4v) is 2.67. The van der Waals surface area contributed by atoms with Gasteiger partial charge in [-0.3, -0.25) is 0 Å². The lowest BCUT2D eigenvalue weighted by atomic mass is 10.1. The molecule has 0 amide bonds. The van der Waals surface area contributed by atoms with E-state index in [1.54, 1.807) is 0 Å². The molecule has 0 aromatic carbocycles. The van der Waals surface area contributed by atoms with Crippen LogP contribution in [-0.4, -0.2) is 24.3 Å². The lowest BCUT2D eigenvalue weighted by Crippen LogP contribution is -2.35. The van der Waals surface area contributed by atoms with Crippen molar-refractivity contribution in [1.82, 2.24) is 5.32 Å². The molecule has 2 aliphatic carbocycles. The minimum Gasteiger partial charge on any atom is -0.396 e. The van der Waals surface area contributed by atoms with Crippen LogP contribution in [0, 0.1) is 11.8 Å². The quantitative estimate of drug-likeness (QED) is 0.682. The molecule has 0 saturated heterocycles. The zero-order chi connectivity index (χ0) is 9.80. The van der Waals surface area contributed by atoms with Gasteiger partial charge in [-0.25, -0.2) is 0 Å². The predicted molar refractivity (Wildman–Crippen MR) is 58.2 cm³/mol. The summed E-state index contributed by atoms with van der Waals surface area (Å²) in [5, 5.41) is 12.6. The van der Waals surface area contributed by atoms with Gasteiger partial charge in [0.15, 0.2) is 0 Å². The first-order valence-electron chi connectivity index (χ1n) is 6.24. The first-order chi connectivity index (χ1) is 6.90. The summed E-state index contributed by atoms with van der Waals surface area (Å²) in [4.78, 5) is 0. The van der Waals surface area contributed by atoms with Crippen LogP contribution in [0.1, 0.15) is 44.9 Å². The van der Waals surface area contributed by atoms with Gasteiger partial charge in [-0.05, 0) is 50.5 Å². The molecule has 0 spiro atoms. The van der Waals surface area contributed by atoms with E-state index in [1.807, 2.05) is 0 Å². The molecule has 0 aromatic heterocycles. The molecule has 14 heavy (non-hydrogen) atoms. The summed E-state index contributed by atoms with van der Waals surface area (Å²) in [6.45, 7) is 1.54. The van der Waals surface area contributed by atoms with Crippen LogP contribution in [0.25, 0.3) is 0 Å². The molecule has 2 heteroatoms. The number of nitrogens with one attached hydrogen (secondary N) is 1. The van der Waals surface area contributed by atoms with E-state index < -0.39 is 0 Å². The van der Waals surface area contributed by atoms with Crippen molar-refractivity contribution in [2.45, 2.75) is 51.0 Å². The average Bonchev–Trinajstić information content (AvgIpc) is 2.90. The Morgan fingerprint density at radius 2 is 1.86 bits per heavy atom. The Balaban J connectivity index is 1.65. The second-order valence-corrected chi connectivity index (χ2v) is 5.01. The van der Waals surface area contributed by atoms with Gasteiger partial charge in [-0.15, -0.1) is 0 Å². The van der Waals surface area contributed by atoms with Crippen molar-refractivity contribution in [3.05, 3.63) is 0 Å². The minimum atomic E-state index is 0.346. The molecule has 0 bridgehead atoms. The van der Waals surface area contributed by atoms with E-state index in [1.165, 1.54) is 45.1 Å². The largest absolute Gasteiger partial charge is 0.396 e. The van der Waals surface area contributed by atoms with Crippen molar-refractivity contribution >= 4 is 0 Å². The third-order valence-corrected chi connectivity index (χ3v) is 3.77. The highest BCUT2D eigenvalue weighted by atomic mass is 16.3. The van der Waals surface area contributed by atoms with Gasteiger partial charge >= 0.3 is 0 Å². The molecule has 2 N–H and O–H groups in total. The van der Waals surface area contributed by atoms with E-state index >= 15 is 0 Å². The highest BCUT2D eigenvalue weighted by Gasteiger charge is 2.30. The lowest BCUT2D eigenvalue weighted by molar-refractivity contribution is 0.252. The van der Waals surface area contributed by atoms with Crippen molar-refractivity contribution in [2.24, 2.45) is 11.8 Å². The Morgan fingerprint density at radius 1 is 1.14 bits per heavy atom. The van der Waals surface area contributed by atoms with Gasteiger partial charge in [0.2, 0.25) is 0 Å². The molecule has 0 aromatic rings. The maximum Gasteiger partial charge on any atom is 0.0445 e. The van der Waals surface area contributed by atoms with E-state index in [0.29, 0.717) is 12.6 Å². The number of hydrogen-bond donors (Lipinski definition) is 2. The molecule has 1 atom stereocenters. The van der Waals surface area contributed by atoms with Crippen molar-refractivity contribution in [1.29, 1.82) is 0 Å². The van der Waals surface area contributed by atoms with E-state index in [0.717, 1.165) is 18.3 Å². The topological polar surface area (TPSA) is 32.3 Å². The summed E-state index contributed by atoms with van der Waals surface area (Å²) in [6.07, 6.45) is 9.41. The highest BCUT2D eigenvalue weighted by Crippen LogP contribution is 2.34. The molecular formula is C12H23NO. The molecule has 0 aliphatic heterocycles. The molecular weight excluding hydrogens is 174 g/mol. The summed E-state index contributed by atoms with van der Waals surface area (Å²) in [6, 6.07) is 0.612. The van der Waals surface area contributed by atoms with Gasteiger partial charge < -0.3 is 10.4 Å². The molecule has 1 unspecified atom stereocenters. The molecule has 2 nitrogen and oxygen atoms in total. The number of rotatable bonds is 6. The molecule has 82 valence electrons. The first kappa shape index (κ1) is 10.4. The van der Waals surface area contributed by atoms with Crippen LogP contribution in [0.4, 0.5) is 0 Å². The Labute approximate surface area is 87.1 Å². The maximum atomic E-state index is 8.97. The normalized spacial score (nSPS) is 25.5. The van der Waals surface area contributed by atoms with Crippen molar-refractivity contribution in [3.8, 4) is 0 Å². The van der Waals surface area contributed by atoms with Gasteiger partial charge in [-0.2, -0.15) is 0 Å². The summed E-state index contributed by atoms with van der Waals surface area (Å²) in [7, 11) is 0. The fourth-order valence-electron chi connectivity index (χ4n) is 2.67. The Bertz CT molecular complexity index is 162. The number of hydrogen-bond acceptors (Lipinski definition) is 2. The first-order valence-corrected chi connectivity index (χ1v) is 6.24. The third-order valence-electron chi connectivity index (χ3n) is 3.77. The van der Waals surface area contributed by atoms with Crippen molar-refractivity contribution in [3.63, 3.8) is 0 Å². The fraction of sp³-hybridized carbons (Fsp3) is 1.00. The summed E-state index contributed by atoms with van der Waals surface area (Å²) in [5.41, 5.74) is 0. The van der Waals surface area contributed by atoms with E-state index in [-0.39, 0.29) is 0 Å². The molecule has 2 fully saturated rings. The number of aliphatic hydroxyl groups excluding tert-OH is 1. The minimum absolute atomic E-state index is 0.346. The monoisotopic (exact) mass is 197 g/mol. The predicted octanol–water partition coefficient (Wildman–Crippen LogP) is 1.93. The van der Waals surface area contributed by atoms with Crippen molar-refractivity contribution < 1.29 is 5.11 Å².